The molecule has 1 atom stereocenters. The van der Waals surface area contributed by atoms with Crippen LogP contribution < -0.4 is 10.8 Å². The van der Waals surface area contributed by atoms with E-state index in [9.17, 15) is 9.59 Å². The number of nitrogens with one attached hydrogen (secondary N) is 2. The molecule has 0 aromatic heterocycles. The van der Waals surface area contributed by atoms with Crippen LogP contribution in [0.3, 0.4) is 0 Å². The number of hydroxylamine groups is 1. The molecule has 0 bridgehead atoms. The summed E-state index contributed by atoms with van der Waals surface area (Å²) in [4.78, 5) is 22.7. The van der Waals surface area contributed by atoms with Crippen LogP contribution in [0.5, 0.6) is 0 Å². The molecule has 0 spiro atoms. The van der Waals surface area contributed by atoms with E-state index >= 15 is 0 Å². The smallest absolute Gasteiger partial charge is 0.274 e. The van der Waals surface area contributed by atoms with Gasteiger partial charge >= 0.3 is 0 Å². The van der Waals surface area contributed by atoms with E-state index < -0.39 is 5.91 Å². The van der Waals surface area contributed by atoms with Crippen LogP contribution >= 0.6 is 0 Å². The van der Waals surface area contributed by atoms with Gasteiger partial charge in [-0.25, -0.2) is 5.48 Å². The lowest BCUT2D eigenvalue weighted by molar-refractivity contribution is -0.114. The SMILES string of the molecule is CC(=O)Nc1cccc(C2CCc3cc(C(=O)NO)ccc3C2)c1. The van der Waals surface area contributed by atoms with Crippen LogP contribution in [-0.4, -0.2) is 17.0 Å². The molecule has 1 unspecified atom stereocenters. The molecular formula is C19H20N2O3. The lowest BCUT2D eigenvalue weighted by Gasteiger charge is -2.25. The molecule has 1 aliphatic carbocycles. The molecule has 1 aliphatic rings. The third-order valence-corrected chi connectivity index (χ3v) is 4.48. The number of benzene rings is 2. The molecule has 0 saturated heterocycles. The van der Waals surface area contributed by atoms with Crippen molar-refractivity contribution in [3.63, 3.8) is 0 Å². The van der Waals surface area contributed by atoms with Gasteiger partial charge in [0.25, 0.3) is 5.91 Å². The van der Waals surface area contributed by atoms with Gasteiger partial charge in [-0.15, -0.1) is 0 Å². The fraction of sp³-hybridized carbons (Fsp3) is 0.263. The minimum atomic E-state index is -0.483. The number of hydrogen-bond donors (Lipinski definition) is 3. The highest BCUT2D eigenvalue weighted by Gasteiger charge is 2.21. The molecule has 0 radical (unpaired) electrons. The van der Waals surface area contributed by atoms with Crippen LogP contribution in [0, 0.1) is 0 Å². The van der Waals surface area contributed by atoms with E-state index in [4.69, 9.17) is 5.21 Å². The first kappa shape index (κ1) is 16.2. The van der Waals surface area contributed by atoms with E-state index in [-0.39, 0.29) is 5.91 Å². The van der Waals surface area contributed by atoms with Crippen LogP contribution in [0.15, 0.2) is 42.5 Å². The number of carbonyl (C=O) groups excluding carboxylic acids is 2. The molecule has 2 aromatic rings. The Hall–Kier alpha value is -2.66. The average molecular weight is 324 g/mol. The van der Waals surface area contributed by atoms with Crippen molar-refractivity contribution in [1.82, 2.24) is 5.48 Å². The molecule has 0 aliphatic heterocycles. The molecule has 0 heterocycles. The predicted octanol–water partition coefficient (Wildman–Crippen LogP) is 3.04. The first-order valence-corrected chi connectivity index (χ1v) is 8.00. The van der Waals surface area contributed by atoms with Gasteiger partial charge in [0.1, 0.15) is 0 Å². The summed E-state index contributed by atoms with van der Waals surface area (Å²) in [5, 5.41) is 11.6. The highest BCUT2D eigenvalue weighted by atomic mass is 16.5. The molecule has 2 aromatic carbocycles. The van der Waals surface area contributed by atoms with Crippen LogP contribution in [-0.2, 0) is 17.6 Å². The molecule has 5 heteroatoms. The number of fused-ring (bicyclic) bond motifs is 1. The number of carbonyl (C=O) groups is 2. The minimum Gasteiger partial charge on any atom is -0.326 e. The van der Waals surface area contributed by atoms with Gasteiger partial charge < -0.3 is 5.32 Å². The maximum absolute atomic E-state index is 11.5. The number of aryl methyl sites for hydroxylation is 1. The highest BCUT2D eigenvalue weighted by molar-refractivity contribution is 5.93. The summed E-state index contributed by atoms with van der Waals surface area (Å²) in [6.45, 7) is 1.50. The van der Waals surface area contributed by atoms with Crippen molar-refractivity contribution in [3.8, 4) is 0 Å². The van der Waals surface area contributed by atoms with E-state index in [2.05, 4.69) is 11.4 Å². The third kappa shape index (κ3) is 3.46. The van der Waals surface area contributed by atoms with Crippen LogP contribution in [0.2, 0.25) is 0 Å². The molecule has 3 rings (SSSR count). The molecule has 5 nitrogen and oxygen atoms in total. The summed E-state index contributed by atoms with van der Waals surface area (Å²) in [6, 6.07) is 13.5. The van der Waals surface area contributed by atoms with Gasteiger partial charge in [-0.3, -0.25) is 14.8 Å². The van der Waals surface area contributed by atoms with Crippen molar-refractivity contribution < 1.29 is 14.8 Å². The quantitative estimate of drug-likeness (QED) is 0.600. The molecule has 0 fully saturated rings. The zero-order valence-electron chi connectivity index (χ0n) is 13.5. The largest absolute Gasteiger partial charge is 0.326 e. The fourth-order valence-electron chi connectivity index (χ4n) is 3.32. The van der Waals surface area contributed by atoms with Gasteiger partial charge in [-0.2, -0.15) is 0 Å². The fourth-order valence-corrected chi connectivity index (χ4v) is 3.32. The first-order chi connectivity index (χ1) is 11.6. The van der Waals surface area contributed by atoms with Gasteiger partial charge in [0.05, 0.1) is 0 Å². The number of amides is 2. The maximum Gasteiger partial charge on any atom is 0.274 e. The lowest BCUT2D eigenvalue weighted by Crippen LogP contribution is -2.20. The predicted molar refractivity (Wildman–Crippen MR) is 91.2 cm³/mol. The molecule has 124 valence electrons. The second-order valence-electron chi connectivity index (χ2n) is 6.17. The molecule has 3 N–H and O–H groups in total. The molecule has 24 heavy (non-hydrogen) atoms. The topological polar surface area (TPSA) is 78.4 Å². The summed E-state index contributed by atoms with van der Waals surface area (Å²) >= 11 is 0. The maximum atomic E-state index is 11.5. The number of rotatable bonds is 3. The van der Waals surface area contributed by atoms with Crippen molar-refractivity contribution in [2.24, 2.45) is 0 Å². The van der Waals surface area contributed by atoms with Crippen LogP contribution in [0.25, 0.3) is 0 Å². The normalized spacial score (nSPS) is 16.2. The van der Waals surface area contributed by atoms with Crippen LogP contribution in [0.4, 0.5) is 5.69 Å². The Labute approximate surface area is 140 Å². The Kier molecular flexibility index (Phi) is 4.62. The average Bonchev–Trinajstić information content (AvgIpc) is 2.59. The van der Waals surface area contributed by atoms with E-state index in [0.29, 0.717) is 11.5 Å². The zero-order chi connectivity index (χ0) is 17.1. The van der Waals surface area contributed by atoms with E-state index in [1.807, 2.05) is 30.3 Å². The van der Waals surface area contributed by atoms with Crippen molar-refractivity contribution >= 4 is 17.5 Å². The van der Waals surface area contributed by atoms with Crippen molar-refractivity contribution in [2.45, 2.75) is 32.1 Å². The second kappa shape index (κ2) is 6.84. The lowest BCUT2D eigenvalue weighted by atomic mass is 9.79. The summed E-state index contributed by atoms with van der Waals surface area (Å²) in [6.07, 6.45) is 2.78. The highest BCUT2D eigenvalue weighted by Crippen LogP contribution is 2.34. The Balaban J connectivity index is 1.80. The Morgan fingerprint density at radius 3 is 2.71 bits per heavy atom. The van der Waals surface area contributed by atoms with Crippen molar-refractivity contribution in [3.05, 3.63) is 64.7 Å². The van der Waals surface area contributed by atoms with Crippen molar-refractivity contribution in [2.75, 3.05) is 5.32 Å². The third-order valence-electron chi connectivity index (χ3n) is 4.48. The van der Waals surface area contributed by atoms with E-state index in [1.54, 1.807) is 11.5 Å². The Bertz CT molecular complexity index is 786. The van der Waals surface area contributed by atoms with Crippen LogP contribution in [0.1, 0.15) is 46.3 Å². The summed E-state index contributed by atoms with van der Waals surface area (Å²) in [5.74, 6) is -0.164. The first-order valence-electron chi connectivity index (χ1n) is 8.00. The molecule has 2 amide bonds. The second-order valence-corrected chi connectivity index (χ2v) is 6.17. The van der Waals surface area contributed by atoms with Gasteiger partial charge in [-0.1, -0.05) is 18.2 Å². The van der Waals surface area contributed by atoms with Gasteiger partial charge in [0.2, 0.25) is 5.91 Å². The van der Waals surface area contributed by atoms with E-state index in [0.717, 1.165) is 30.5 Å². The van der Waals surface area contributed by atoms with Gasteiger partial charge in [-0.05, 0) is 66.1 Å². The standard InChI is InChI=1S/C19H20N2O3/c1-12(22)20-18-4-2-3-13(11-18)14-5-6-16-10-17(19(23)21-24)8-7-15(16)9-14/h2-4,7-8,10-11,14,24H,5-6,9H2,1H3,(H,20,22)(H,21,23). The molecule has 0 saturated carbocycles. The number of hydrogen-bond acceptors (Lipinski definition) is 3. The summed E-state index contributed by atoms with van der Waals surface area (Å²) < 4.78 is 0. The van der Waals surface area contributed by atoms with Gasteiger partial charge in [0, 0.05) is 18.2 Å². The minimum absolute atomic E-state index is 0.0733. The summed E-state index contributed by atoms with van der Waals surface area (Å²) in [7, 11) is 0. The Morgan fingerprint density at radius 2 is 1.96 bits per heavy atom. The Morgan fingerprint density at radius 1 is 1.12 bits per heavy atom. The van der Waals surface area contributed by atoms with E-state index in [1.165, 1.54) is 18.1 Å². The zero-order valence-corrected chi connectivity index (χ0v) is 13.5. The van der Waals surface area contributed by atoms with Gasteiger partial charge in [0.15, 0.2) is 0 Å². The van der Waals surface area contributed by atoms with Crippen molar-refractivity contribution in [1.29, 1.82) is 0 Å². The number of anilines is 1. The molecular weight excluding hydrogens is 304 g/mol. The summed E-state index contributed by atoms with van der Waals surface area (Å²) in [5.41, 5.74) is 6.56. The monoisotopic (exact) mass is 324 g/mol.